The molecule has 0 fully saturated rings. The molecule has 6 heteroatoms. The van der Waals surface area contributed by atoms with E-state index < -0.39 is 9.05 Å². The fraction of sp³-hybridized carbons (Fsp3) is 0.0769. The van der Waals surface area contributed by atoms with Crippen LogP contribution in [0.2, 0.25) is 5.02 Å². The van der Waals surface area contributed by atoms with E-state index in [0.717, 1.165) is 0 Å². The Morgan fingerprint density at radius 2 is 1.79 bits per heavy atom. The fourth-order valence-corrected chi connectivity index (χ4v) is 2.98. The number of ether oxygens (including phenoxy) is 1. The van der Waals surface area contributed by atoms with Gasteiger partial charge in [-0.1, -0.05) is 23.7 Å². The molecule has 19 heavy (non-hydrogen) atoms. The van der Waals surface area contributed by atoms with Crippen molar-refractivity contribution >= 4 is 31.3 Å². The molecule has 0 heterocycles. The predicted octanol–water partition coefficient (Wildman–Crippen LogP) is 4.37. The van der Waals surface area contributed by atoms with Gasteiger partial charge in [0.15, 0.2) is 0 Å². The topological polar surface area (TPSA) is 43.4 Å². The normalized spacial score (nSPS) is 11.3. The molecule has 100 valence electrons. The first-order chi connectivity index (χ1) is 8.88. The van der Waals surface area contributed by atoms with E-state index in [9.17, 15) is 8.42 Å². The molecular weight excluding hydrogens is 307 g/mol. The third kappa shape index (κ3) is 3.41. The lowest BCUT2D eigenvalue weighted by atomic mass is 10.2. The lowest BCUT2D eigenvalue weighted by Gasteiger charge is -2.09. The van der Waals surface area contributed by atoms with Crippen LogP contribution in [0.4, 0.5) is 0 Å². The van der Waals surface area contributed by atoms with E-state index in [-0.39, 0.29) is 4.90 Å². The van der Waals surface area contributed by atoms with Crippen molar-refractivity contribution in [1.82, 2.24) is 0 Å². The molecule has 2 rings (SSSR count). The van der Waals surface area contributed by atoms with E-state index in [0.29, 0.717) is 22.1 Å². The summed E-state index contributed by atoms with van der Waals surface area (Å²) in [5.74, 6) is 1.000. The van der Waals surface area contributed by atoms with Crippen molar-refractivity contribution in [3.05, 3.63) is 53.1 Å². The minimum Gasteiger partial charge on any atom is -0.456 e. The third-order valence-corrected chi connectivity index (χ3v) is 4.27. The Labute approximate surface area is 121 Å². The van der Waals surface area contributed by atoms with Gasteiger partial charge in [-0.05, 0) is 42.8 Å². The number of hydrogen-bond acceptors (Lipinski definition) is 3. The quantitative estimate of drug-likeness (QED) is 0.790. The van der Waals surface area contributed by atoms with Crippen LogP contribution in [0.15, 0.2) is 47.4 Å². The zero-order chi connectivity index (χ0) is 14.0. The number of benzene rings is 2. The number of para-hydroxylation sites is 1. The first kappa shape index (κ1) is 14.2. The lowest BCUT2D eigenvalue weighted by Crippen LogP contribution is -1.95. The number of aryl methyl sites for hydroxylation is 1. The number of halogens is 2. The van der Waals surface area contributed by atoms with Crippen molar-refractivity contribution in [2.24, 2.45) is 0 Å². The van der Waals surface area contributed by atoms with Gasteiger partial charge in [-0.25, -0.2) is 8.42 Å². The molecule has 0 aliphatic heterocycles. The van der Waals surface area contributed by atoms with E-state index in [2.05, 4.69) is 0 Å². The van der Waals surface area contributed by atoms with E-state index in [1.807, 2.05) is 0 Å². The molecule has 3 nitrogen and oxygen atoms in total. The molecule has 0 bridgehead atoms. The maximum Gasteiger partial charge on any atom is 0.261 e. The molecule has 2 aromatic carbocycles. The second-order valence-electron chi connectivity index (χ2n) is 3.90. The zero-order valence-electron chi connectivity index (χ0n) is 9.93. The zero-order valence-corrected chi connectivity index (χ0v) is 12.3. The summed E-state index contributed by atoms with van der Waals surface area (Å²) in [4.78, 5) is 0.0701. The van der Waals surface area contributed by atoms with Crippen LogP contribution in [0, 0.1) is 6.92 Å². The van der Waals surface area contributed by atoms with Crippen molar-refractivity contribution in [2.75, 3.05) is 0 Å². The molecule has 0 spiro atoms. The van der Waals surface area contributed by atoms with Gasteiger partial charge in [0.25, 0.3) is 9.05 Å². The van der Waals surface area contributed by atoms with Crippen molar-refractivity contribution in [1.29, 1.82) is 0 Å². The smallest absolute Gasteiger partial charge is 0.261 e. The molecule has 0 N–H and O–H groups in total. The standard InChI is InChI=1S/C13H10Cl2O3S/c1-9-8-10(6-7-13(9)19(15,16)17)18-12-5-3-2-4-11(12)14/h2-8H,1H3. The van der Waals surface area contributed by atoms with Crippen LogP contribution in [0.25, 0.3) is 0 Å². The lowest BCUT2D eigenvalue weighted by molar-refractivity contribution is 0.482. The van der Waals surface area contributed by atoms with Gasteiger partial charge in [0.2, 0.25) is 0 Å². The molecule has 0 saturated heterocycles. The summed E-state index contributed by atoms with van der Waals surface area (Å²) in [7, 11) is 1.57. The Balaban J connectivity index is 2.34. The van der Waals surface area contributed by atoms with Crippen LogP contribution in [0.3, 0.4) is 0 Å². The minimum absolute atomic E-state index is 0.0701. The summed E-state index contributed by atoms with van der Waals surface area (Å²) >= 11 is 5.98. The van der Waals surface area contributed by atoms with Gasteiger partial charge in [0.1, 0.15) is 11.5 Å². The minimum atomic E-state index is -3.74. The van der Waals surface area contributed by atoms with Crippen LogP contribution >= 0.6 is 22.3 Å². The van der Waals surface area contributed by atoms with Gasteiger partial charge in [-0.3, -0.25) is 0 Å². The Hall–Kier alpha value is -1.23. The molecule has 0 amide bonds. The summed E-state index contributed by atoms with van der Waals surface area (Å²) in [6.07, 6.45) is 0. The Morgan fingerprint density at radius 3 is 2.37 bits per heavy atom. The van der Waals surface area contributed by atoms with Crippen LogP contribution in [0.1, 0.15) is 5.56 Å². The average Bonchev–Trinajstić information content (AvgIpc) is 2.30. The van der Waals surface area contributed by atoms with E-state index >= 15 is 0 Å². The summed E-state index contributed by atoms with van der Waals surface area (Å²) in [5.41, 5.74) is 0.513. The van der Waals surface area contributed by atoms with Crippen LogP contribution in [-0.2, 0) is 9.05 Å². The van der Waals surface area contributed by atoms with Gasteiger partial charge < -0.3 is 4.74 Å². The summed E-state index contributed by atoms with van der Waals surface area (Å²) in [6, 6.07) is 11.6. The largest absolute Gasteiger partial charge is 0.456 e. The highest BCUT2D eigenvalue weighted by molar-refractivity contribution is 8.13. The van der Waals surface area contributed by atoms with E-state index in [1.165, 1.54) is 12.1 Å². The molecule has 0 aromatic heterocycles. The monoisotopic (exact) mass is 316 g/mol. The summed E-state index contributed by atoms with van der Waals surface area (Å²) < 4.78 is 28.1. The first-order valence-electron chi connectivity index (χ1n) is 5.35. The molecule has 0 unspecified atom stereocenters. The second-order valence-corrected chi connectivity index (χ2v) is 6.84. The molecule has 0 radical (unpaired) electrons. The van der Waals surface area contributed by atoms with Gasteiger partial charge in [0, 0.05) is 10.7 Å². The summed E-state index contributed by atoms with van der Waals surface area (Å²) in [6.45, 7) is 1.65. The Bertz CT molecular complexity index is 712. The van der Waals surface area contributed by atoms with Gasteiger partial charge in [-0.2, -0.15) is 0 Å². The van der Waals surface area contributed by atoms with Crippen molar-refractivity contribution < 1.29 is 13.2 Å². The second kappa shape index (κ2) is 5.41. The average molecular weight is 317 g/mol. The van der Waals surface area contributed by atoms with Crippen LogP contribution < -0.4 is 4.74 Å². The molecular formula is C13H10Cl2O3S. The number of rotatable bonds is 3. The van der Waals surface area contributed by atoms with Gasteiger partial charge in [-0.15, -0.1) is 0 Å². The van der Waals surface area contributed by atoms with Crippen LogP contribution in [-0.4, -0.2) is 8.42 Å². The SMILES string of the molecule is Cc1cc(Oc2ccccc2Cl)ccc1S(=O)(=O)Cl. The highest BCUT2D eigenvalue weighted by Gasteiger charge is 2.14. The van der Waals surface area contributed by atoms with E-state index in [1.54, 1.807) is 37.3 Å². The Morgan fingerprint density at radius 1 is 1.11 bits per heavy atom. The third-order valence-electron chi connectivity index (χ3n) is 2.47. The maximum atomic E-state index is 11.3. The molecule has 0 aliphatic carbocycles. The van der Waals surface area contributed by atoms with Crippen LogP contribution in [0.5, 0.6) is 11.5 Å². The highest BCUT2D eigenvalue weighted by atomic mass is 35.7. The molecule has 0 atom stereocenters. The van der Waals surface area contributed by atoms with Gasteiger partial charge in [0.05, 0.1) is 9.92 Å². The Kier molecular flexibility index (Phi) is 4.04. The van der Waals surface area contributed by atoms with E-state index in [4.69, 9.17) is 27.0 Å². The molecule has 2 aromatic rings. The first-order valence-corrected chi connectivity index (χ1v) is 8.04. The molecule has 0 aliphatic rings. The van der Waals surface area contributed by atoms with Crippen molar-refractivity contribution in [3.8, 4) is 11.5 Å². The summed E-state index contributed by atoms with van der Waals surface area (Å²) in [5, 5.41) is 0.481. The number of hydrogen-bond donors (Lipinski definition) is 0. The molecule has 0 saturated carbocycles. The van der Waals surface area contributed by atoms with Crippen molar-refractivity contribution in [2.45, 2.75) is 11.8 Å². The highest BCUT2D eigenvalue weighted by Crippen LogP contribution is 2.31. The maximum absolute atomic E-state index is 11.3. The van der Waals surface area contributed by atoms with Gasteiger partial charge >= 0.3 is 0 Å². The fourth-order valence-electron chi connectivity index (χ4n) is 1.61. The van der Waals surface area contributed by atoms with Crippen molar-refractivity contribution in [3.63, 3.8) is 0 Å². The predicted molar refractivity (Wildman–Crippen MR) is 75.7 cm³/mol.